The molecule has 0 aromatic heterocycles. The third-order valence-electron chi connectivity index (χ3n) is 4.23. The van der Waals surface area contributed by atoms with Gasteiger partial charge in [0, 0.05) is 4.47 Å². The molecule has 0 atom stereocenters. The first-order valence-corrected chi connectivity index (χ1v) is 9.23. The van der Waals surface area contributed by atoms with Crippen LogP contribution in [0, 0.1) is 11.6 Å². The molecule has 0 saturated heterocycles. The number of halogens is 3. The summed E-state index contributed by atoms with van der Waals surface area (Å²) >= 11 is 3.37. The number of amidine groups is 1. The van der Waals surface area contributed by atoms with Gasteiger partial charge in [-0.3, -0.25) is 9.69 Å². The van der Waals surface area contributed by atoms with E-state index in [0.717, 1.165) is 10.0 Å². The maximum atomic E-state index is 14.4. The summed E-state index contributed by atoms with van der Waals surface area (Å²) in [6.45, 7) is 0. The lowest BCUT2D eigenvalue weighted by atomic mass is 10.1. The molecule has 138 valence electrons. The highest BCUT2D eigenvalue weighted by Crippen LogP contribution is 2.29. The molecule has 0 spiro atoms. The van der Waals surface area contributed by atoms with Gasteiger partial charge in [0.15, 0.2) is 5.84 Å². The molecule has 0 fully saturated rings. The van der Waals surface area contributed by atoms with E-state index in [1.165, 1.54) is 35.2 Å². The summed E-state index contributed by atoms with van der Waals surface area (Å²) in [6, 6.07) is 18.9. The molecule has 6 heteroatoms. The Bertz CT molecular complexity index is 1110. The van der Waals surface area contributed by atoms with E-state index in [1.54, 1.807) is 24.3 Å². The number of rotatable bonds is 3. The smallest absolute Gasteiger partial charge is 0.266 e. The topological polar surface area (TPSA) is 32.7 Å². The van der Waals surface area contributed by atoms with Gasteiger partial charge < -0.3 is 0 Å². The zero-order valence-electron chi connectivity index (χ0n) is 14.4. The quantitative estimate of drug-likeness (QED) is 0.492. The van der Waals surface area contributed by atoms with Crippen molar-refractivity contribution in [1.82, 2.24) is 0 Å². The fraction of sp³-hybridized carbons (Fsp3) is 0. The van der Waals surface area contributed by atoms with Gasteiger partial charge in [0.1, 0.15) is 17.3 Å². The Balaban J connectivity index is 1.84. The average Bonchev–Trinajstić information content (AvgIpc) is 3.01. The number of hydrogen-bond donors (Lipinski definition) is 0. The van der Waals surface area contributed by atoms with Crippen LogP contribution in [0.2, 0.25) is 0 Å². The molecular formula is C22H13BrF2N2O. The summed E-state index contributed by atoms with van der Waals surface area (Å²) in [5, 5.41) is 0. The predicted molar refractivity (Wildman–Crippen MR) is 109 cm³/mol. The lowest BCUT2D eigenvalue weighted by Gasteiger charge is -2.18. The number of aliphatic imine (C=N–C) groups is 1. The molecule has 1 aliphatic rings. The van der Waals surface area contributed by atoms with E-state index < -0.39 is 17.5 Å². The lowest BCUT2D eigenvalue weighted by molar-refractivity contribution is -0.113. The summed E-state index contributed by atoms with van der Waals surface area (Å²) in [4.78, 5) is 18.8. The van der Waals surface area contributed by atoms with Gasteiger partial charge in [-0.2, -0.15) is 0 Å². The predicted octanol–water partition coefficient (Wildman–Crippen LogP) is 5.56. The van der Waals surface area contributed by atoms with Crippen molar-refractivity contribution in [3.63, 3.8) is 0 Å². The molecule has 4 rings (SSSR count). The first-order chi connectivity index (χ1) is 13.5. The molecule has 3 aromatic rings. The van der Waals surface area contributed by atoms with E-state index in [2.05, 4.69) is 20.9 Å². The third-order valence-corrected chi connectivity index (χ3v) is 4.76. The molecule has 0 unspecified atom stereocenters. The summed E-state index contributed by atoms with van der Waals surface area (Å²) in [6.07, 6.45) is 1.64. The van der Waals surface area contributed by atoms with Gasteiger partial charge in [-0.25, -0.2) is 13.8 Å². The molecule has 3 nitrogen and oxygen atoms in total. The van der Waals surface area contributed by atoms with Gasteiger partial charge in [-0.15, -0.1) is 0 Å². The highest BCUT2D eigenvalue weighted by molar-refractivity contribution is 9.10. The molecule has 0 aliphatic carbocycles. The minimum atomic E-state index is -0.494. The van der Waals surface area contributed by atoms with E-state index in [1.807, 2.05) is 24.3 Å². The van der Waals surface area contributed by atoms with Crippen LogP contribution in [0.25, 0.3) is 6.08 Å². The van der Waals surface area contributed by atoms with Gasteiger partial charge in [0.2, 0.25) is 0 Å². The fourth-order valence-electron chi connectivity index (χ4n) is 2.89. The Morgan fingerprint density at radius 2 is 1.57 bits per heavy atom. The van der Waals surface area contributed by atoms with Gasteiger partial charge in [0.05, 0.1) is 11.3 Å². The normalized spacial score (nSPS) is 15.2. The minimum Gasteiger partial charge on any atom is -0.266 e. The number of carbonyl (C=O) groups excluding carboxylic acids is 1. The van der Waals surface area contributed by atoms with Gasteiger partial charge >= 0.3 is 0 Å². The van der Waals surface area contributed by atoms with E-state index in [0.29, 0.717) is 5.69 Å². The van der Waals surface area contributed by atoms with E-state index >= 15 is 0 Å². The second kappa shape index (κ2) is 7.48. The first-order valence-electron chi connectivity index (χ1n) is 8.44. The number of carbonyl (C=O) groups is 1. The van der Waals surface area contributed by atoms with Crippen molar-refractivity contribution in [2.24, 2.45) is 4.99 Å². The zero-order chi connectivity index (χ0) is 19.7. The Morgan fingerprint density at radius 3 is 2.25 bits per heavy atom. The minimum absolute atomic E-state index is 0.165. The van der Waals surface area contributed by atoms with Crippen molar-refractivity contribution >= 4 is 39.4 Å². The van der Waals surface area contributed by atoms with Crippen LogP contribution in [0.4, 0.5) is 14.5 Å². The van der Waals surface area contributed by atoms with Gasteiger partial charge in [-0.1, -0.05) is 40.2 Å². The van der Waals surface area contributed by atoms with Crippen LogP contribution >= 0.6 is 15.9 Å². The monoisotopic (exact) mass is 438 g/mol. The van der Waals surface area contributed by atoms with Crippen molar-refractivity contribution in [2.45, 2.75) is 0 Å². The molecule has 3 aromatic carbocycles. The van der Waals surface area contributed by atoms with Crippen molar-refractivity contribution < 1.29 is 13.6 Å². The molecule has 28 heavy (non-hydrogen) atoms. The largest absolute Gasteiger partial charge is 0.282 e. The summed E-state index contributed by atoms with van der Waals surface area (Å²) < 4.78 is 28.7. The van der Waals surface area contributed by atoms with Crippen LogP contribution in [-0.4, -0.2) is 11.7 Å². The molecule has 1 aliphatic heterocycles. The Morgan fingerprint density at radius 1 is 0.893 bits per heavy atom. The third kappa shape index (κ3) is 3.51. The van der Waals surface area contributed by atoms with Gasteiger partial charge in [0.25, 0.3) is 5.91 Å². The summed E-state index contributed by atoms with van der Waals surface area (Å²) in [5.41, 5.74) is 1.56. The first kappa shape index (κ1) is 18.3. The van der Waals surface area contributed by atoms with Gasteiger partial charge in [-0.05, 0) is 60.2 Å². The molecule has 1 heterocycles. The summed E-state index contributed by atoms with van der Waals surface area (Å²) in [5.74, 6) is -1.16. The van der Waals surface area contributed by atoms with Crippen molar-refractivity contribution in [3.05, 3.63) is 106 Å². The van der Waals surface area contributed by atoms with Crippen LogP contribution in [0.1, 0.15) is 11.1 Å². The van der Waals surface area contributed by atoms with Crippen molar-refractivity contribution in [2.75, 3.05) is 4.90 Å². The maximum Gasteiger partial charge on any atom is 0.282 e. The Labute approximate surface area is 168 Å². The zero-order valence-corrected chi connectivity index (χ0v) is 16.0. The molecular weight excluding hydrogens is 426 g/mol. The van der Waals surface area contributed by atoms with Crippen LogP contribution < -0.4 is 4.90 Å². The molecule has 0 bridgehead atoms. The number of hydrogen-bond acceptors (Lipinski definition) is 2. The van der Waals surface area contributed by atoms with E-state index in [4.69, 9.17) is 0 Å². The number of benzene rings is 3. The summed E-state index contributed by atoms with van der Waals surface area (Å²) in [7, 11) is 0. The van der Waals surface area contributed by atoms with E-state index in [9.17, 15) is 13.6 Å². The van der Waals surface area contributed by atoms with E-state index in [-0.39, 0.29) is 17.1 Å². The number of nitrogens with zero attached hydrogens (tertiary/aromatic N) is 2. The number of anilines is 1. The molecule has 0 radical (unpaired) electrons. The van der Waals surface area contributed by atoms with Crippen LogP contribution in [0.5, 0.6) is 0 Å². The molecule has 1 amide bonds. The fourth-order valence-corrected chi connectivity index (χ4v) is 3.15. The lowest BCUT2D eigenvalue weighted by Crippen LogP contribution is -2.33. The van der Waals surface area contributed by atoms with Crippen LogP contribution in [0.15, 0.2) is 88.0 Å². The van der Waals surface area contributed by atoms with Crippen molar-refractivity contribution in [3.8, 4) is 0 Å². The second-order valence-electron chi connectivity index (χ2n) is 6.11. The van der Waals surface area contributed by atoms with Crippen molar-refractivity contribution in [1.29, 1.82) is 0 Å². The molecule has 0 N–H and O–H groups in total. The standard InChI is InChI=1S/C22H13BrF2N2O/c23-15-7-5-14(6-8-15)13-20-22(28)27(17-11-9-16(24)10-12-17)21(26-20)18-3-1-2-4-19(18)25/h1-13H/b20-13+. The number of amides is 1. The van der Waals surface area contributed by atoms with Crippen LogP contribution in [-0.2, 0) is 4.79 Å². The Hall–Kier alpha value is -3.12. The highest BCUT2D eigenvalue weighted by atomic mass is 79.9. The second-order valence-corrected chi connectivity index (χ2v) is 7.03. The molecule has 0 saturated carbocycles. The highest BCUT2D eigenvalue weighted by Gasteiger charge is 2.33. The average molecular weight is 439 g/mol. The SMILES string of the molecule is O=C1/C(=C\c2ccc(Br)cc2)N=C(c2ccccc2F)N1c1ccc(F)cc1. The van der Waals surface area contributed by atoms with Crippen LogP contribution in [0.3, 0.4) is 0 Å². The Kier molecular flexibility index (Phi) is 4.88. The maximum absolute atomic E-state index is 14.4.